The number of rotatable bonds is 8. The van der Waals surface area contributed by atoms with Crippen LogP contribution in [0.2, 0.25) is 0 Å². The van der Waals surface area contributed by atoms with Crippen LogP contribution in [0.15, 0.2) is 54.6 Å². The highest BCUT2D eigenvalue weighted by molar-refractivity contribution is 7.85. The lowest BCUT2D eigenvalue weighted by Crippen LogP contribution is -2.23. The molecule has 0 N–H and O–H groups in total. The quantitative estimate of drug-likeness (QED) is 0.315. The van der Waals surface area contributed by atoms with Gasteiger partial charge in [-0.3, -0.25) is 9.00 Å². The molecule has 0 spiro atoms. The minimum absolute atomic E-state index is 0.0196. The third kappa shape index (κ3) is 6.04. The van der Waals surface area contributed by atoms with Crippen molar-refractivity contribution in [1.82, 2.24) is 0 Å². The van der Waals surface area contributed by atoms with Crippen LogP contribution in [0.1, 0.15) is 53.9 Å². The van der Waals surface area contributed by atoms with E-state index in [0.29, 0.717) is 32.2 Å². The average molecular weight is 561 g/mol. The molecule has 1 fully saturated rings. The summed E-state index contributed by atoms with van der Waals surface area (Å²) in [4.78, 5) is 11.7. The highest BCUT2D eigenvalue weighted by Crippen LogP contribution is 2.39. The molecule has 6 nitrogen and oxygen atoms in total. The van der Waals surface area contributed by atoms with Gasteiger partial charge < -0.3 is 18.9 Å². The van der Waals surface area contributed by atoms with Crippen molar-refractivity contribution in [3.05, 3.63) is 76.9 Å². The Bertz CT molecular complexity index is 1410. The highest BCUT2D eigenvalue weighted by Gasteiger charge is 2.27. The first-order valence-electron chi connectivity index (χ1n) is 14.2. The van der Waals surface area contributed by atoms with Gasteiger partial charge >= 0.3 is 5.97 Å². The van der Waals surface area contributed by atoms with Gasteiger partial charge in [0.2, 0.25) is 0 Å². The molecule has 40 heavy (non-hydrogen) atoms. The zero-order chi connectivity index (χ0) is 27.5. The molecule has 0 saturated carbocycles. The zero-order valence-electron chi connectivity index (χ0n) is 23.0. The maximum absolute atomic E-state index is 11.7. The SMILES string of the molecule is COC(=O)CC1COc2cc(OCc3ccc4c(c3)-c3ccc(OCC5CCS(=O)CC5)cc3CCC4)ccc21. The van der Waals surface area contributed by atoms with Crippen molar-refractivity contribution in [2.45, 2.75) is 51.0 Å². The third-order valence-corrected chi connectivity index (χ3v) is 9.72. The summed E-state index contributed by atoms with van der Waals surface area (Å²) >= 11 is 0. The number of methoxy groups -OCH3 is 1. The molecule has 3 aliphatic rings. The molecule has 1 atom stereocenters. The van der Waals surface area contributed by atoms with E-state index in [-0.39, 0.29) is 11.9 Å². The van der Waals surface area contributed by atoms with Gasteiger partial charge in [0, 0.05) is 39.9 Å². The largest absolute Gasteiger partial charge is 0.493 e. The fraction of sp³-hybridized carbons (Fsp3) is 0.424. The summed E-state index contributed by atoms with van der Waals surface area (Å²) in [6.45, 7) is 1.64. The van der Waals surface area contributed by atoms with E-state index in [9.17, 15) is 9.00 Å². The maximum atomic E-state index is 11.7. The van der Waals surface area contributed by atoms with E-state index >= 15 is 0 Å². The van der Waals surface area contributed by atoms with Crippen LogP contribution in [0.4, 0.5) is 0 Å². The zero-order valence-corrected chi connectivity index (χ0v) is 23.8. The van der Waals surface area contributed by atoms with Gasteiger partial charge in [0.05, 0.1) is 26.7 Å². The van der Waals surface area contributed by atoms with Crippen LogP contribution in [-0.4, -0.2) is 42.0 Å². The first kappa shape index (κ1) is 26.9. The monoisotopic (exact) mass is 560 g/mol. The number of hydrogen-bond donors (Lipinski definition) is 0. The van der Waals surface area contributed by atoms with E-state index in [4.69, 9.17) is 18.9 Å². The smallest absolute Gasteiger partial charge is 0.306 e. The molecule has 0 radical (unpaired) electrons. The van der Waals surface area contributed by atoms with Crippen molar-refractivity contribution in [3.63, 3.8) is 0 Å². The molecule has 210 valence electrons. The molecular formula is C33H36O6S. The first-order chi connectivity index (χ1) is 19.6. The molecule has 1 aliphatic carbocycles. The number of fused-ring (bicyclic) bond motifs is 4. The molecule has 2 aliphatic heterocycles. The molecular weight excluding hydrogens is 524 g/mol. The van der Waals surface area contributed by atoms with Gasteiger partial charge in [-0.1, -0.05) is 24.3 Å². The van der Waals surface area contributed by atoms with Crippen LogP contribution in [-0.2, 0) is 39.8 Å². The summed E-state index contributed by atoms with van der Waals surface area (Å²) in [5.74, 6) is 4.36. The summed E-state index contributed by atoms with van der Waals surface area (Å²) in [6, 6.07) is 19.0. The summed E-state index contributed by atoms with van der Waals surface area (Å²) in [5, 5.41) is 0. The van der Waals surface area contributed by atoms with E-state index in [2.05, 4.69) is 36.4 Å². The minimum Gasteiger partial charge on any atom is -0.493 e. The van der Waals surface area contributed by atoms with Crippen molar-refractivity contribution in [3.8, 4) is 28.4 Å². The van der Waals surface area contributed by atoms with Crippen molar-refractivity contribution >= 4 is 16.8 Å². The van der Waals surface area contributed by atoms with Gasteiger partial charge in [-0.25, -0.2) is 0 Å². The Morgan fingerprint density at radius 1 is 0.925 bits per heavy atom. The molecule has 2 heterocycles. The Hall–Kier alpha value is -3.32. The van der Waals surface area contributed by atoms with Gasteiger partial charge in [-0.15, -0.1) is 0 Å². The van der Waals surface area contributed by atoms with Gasteiger partial charge in [0.15, 0.2) is 0 Å². The maximum Gasteiger partial charge on any atom is 0.306 e. The van der Waals surface area contributed by atoms with E-state index in [1.807, 2.05) is 18.2 Å². The van der Waals surface area contributed by atoms with E-state index in [0.717, 1.165) is 72.0 Å². The van der Waals surface area contributed by atoms with Gasteiger partial charge in [0.1, 0.15) is 23.9 Å². The summed E-state index contributed by atoms with van der Waals surface area (Å²) in [7, 11) is 0.774. The summed E-state index contributed by atoms with van der Waals surface area (Å²) in [6.07, 6.45) is 5.49. The lowest BCUT2D eigenvalue weighted by Gasteiger charge is -2.22. The van der Waals surface area contributed by atoms with Gasteiger partial charge in [-0.2, -0.15) is 0 Å². The molecule has 0 amide bonds. The Morgan fingerprint density at radius 2 is 1.73 bits per heavy atom. The number of hydrogen-bond acceptors (Lipinski definition) is 6. The Morgan fingerprint density at radius 3 is 2.58 bits per heavy atom. The van der Waals surface area contributed by atoms with Crippen LogP contribution in [0.5, 0.6) is 17.2 Å². The van der Waals surface area contributed by atoms with E-state index in [1.54, 1.807) is 0 Å². The molecule has 1 unspecified atom stereocenters. The Labute approximate surface area is 238 Å². The number of carbonyl (C=O) groups excluding carboxylic acids is 1. The van der Waals surface area contributed by atoms with E-state index in [1.165, 1.54) is 29.4 Å². The Kier molecular flexibility index (Phi) is 8.10. The Balaban J connectivity index is 1.13. The van der Waals surface area contributed by atoms with Crippen molar-refractivity contribution in [2.24, 2.45) is 5.92 Å². The molecule has 0 bridgehead atoms. The van der Waals surface area contributed by atoms with Crippen LogP contribution in [0.3, 0.4) is 0 Å². The minimum atomic E-state index is -0.637. The van der Waals surface area contributed by atoms with Gasteiger partial charge in [-0.05, 0) is 90.1 Å². The predicted octanol–water partition coefficient (Wildman–Crippen LogP) is 6.00. The standard InChI is InChI=1S/C33H36O6S/c1-36-33(34)17-26-21-39-32-18-28(8-10-30(26)32)38-20-23-5-6-24-3-2-4-25-16-27(7-9-29(25)31(24)15-23)37-19-22-11-13-40(35)14-12-22/h5-10,15-16,18,22,26H,2-4,11-14,17,19-21H2,1H3. The van der Waals surface area contributed by atoms with Crippen LogP contribution in [0, 0.1) is 5.92 Å². The second-order valence-corrected chi connectivity index (χ2v) is 12.7. The molecule has 3 aromatic rings. The lowest BCUT2D eigenvalue weighted by atomic mass is 9.95. The summed E-state index contributed by atoms with van der Waals surface area (Å²) in [5.41, 5.74) is 7.39. The second-order valence-electron chi connectivity index (χ2n) is 11.0. The molecule has 6 rings (SSSR count). The topological polar surface area (TPSA) is 71.1 Å². The van der Waals surface area contributed by atoms with Crippen molar-refractivity contribution < 1.29 is 28.0 Å². The van der Waals surface area contributed by atoms with Crippen molar-refractivity contribution in [1.29, 1.82) is 0 Å². The number of benzene rings is 3. The average Bonchev–Trinajstić information content (AvgIpc) is 3.28. The molecule has 7 heteroatoms. The van der Waals surface area contributed by atoms with Crippen molar-refractivity contribution in [2.75, 3.05) is 31.8 Å². The number of ether oxygens (including phenoxy) is 4. The predicted molar refractivity (Wildman–Crippen MR) is 156 cm³/mol. The normalized spacial score (nSPS) is 21.3. The fourth-order valence-electron chi connectivity index (χ4n) is 5.97. The van der Waals surface area contributed by atoms with Gasteiger partial charge in [0.25, 0.3) is 0 Å². The number of aryl methyl sites for hydroxylation is 2. The van der Waals surface area contributed by atoms with E-state index < -0.39 is 10.8 Å². The molecule has 3 aromatic carbocycles. The third-order valence-electron chi connectivity index (χ3n) is 8.34. The number of carbonyl (C=O) groups is 1. The highest BCUT2D eigenvalue weighted by atomic mass is 32.2. The molecule has 0 aromatic heterocycles. The summed E-state index contributed by atoms with van der Waals surface area (Å²) < 4.78 is 34.7. The lowest BCUT2D eigenvalue weighted by molar-refractivity contribution is -0.141. The second kappa shape index (κ2) is 12.0. The first-order valence-corrected chi connectivity index (χ1v) is 15.7. The van der Waals surface area contributed by atoms with Crippen LogP contribution in [0.25, 0.3) is 11.1 Å². The molecule has 1 saturated heterocycles. The van der Waals surface area contributed by atoms with Crippen LogP contribution >= 0.6 is 0 Å². The fourth-order valence-corrected chi connectivity index (χ4v) is 7.37. The number of esters is 1. The van der Waals surface area contributed by atoms with Crippen LogP contribution < -0.4 is 14.2 Å².